The van der Waals surface area contributed by atoms with Gasteiger partial charge in [-0.2, -0.15) is 0 Å². The Kier molecular flexibility index (Phi) is 9.49. The molecule has 0 aliphatic rings. The monoisotopic (exact) mass is 608 g/mol. The number of thiophene rings is 1. The van der Waals surface area contributed by atoms with Crippen LogP contribution in [-0.4, -0.2) is 39.5 Å². The van der Waals surface area contributed by atoms with Gasteiger partial charge in [0.15, 0.2) is 17.1 Å². The van der Waals surface area contributed by atoms with Crippen molar-refractivity contribution in [2.24, 2.45) is 0 Å². The number of ether oxygens (including phenoxy) is 2. The van der Waals surface area contributed by atoms with E-state index >= 15 is 0 Å². The molecule has 1 unspecified atom stereocenters. The number of methoxy groups -OCH3 is 1. The molecule has 1 N–H and O–H groups in total. The molecule has 8 nitrogen and oxygen atoms in total. The number of nitrogens with one attached hydrogen (secondary N) is 1. The van der Waals surface area contributed by atoms with Crippen LogP contribution in [0.3, 0.4) is 0 Å². The van der Waals surface area contributed by atoms with Crippen LogP contribution < -0.4 is 10.1 Å². The van der Waals surface area contributed by atoms with Crippen molar-refractivity contribution in [3.05, 3.63) is 75.1 Å². The zero-order valence-electron chi connectivity index (χ0n) is 21.0. The van der Waals surface area contributed by atoms with Gasteiger partial charge >= 0.3 is 5.97 Å². The number of thioether (sulfide) groups is 1. The fourth-order valence-corrected chi connectivity index (χ4v) is 5.81. The van der Waals surface area contributed by atoms with Crippen LogP contribution in [0.5, 0.6) is 5.75 Å². The van der Waals surface area contributed by atoms with Crippen molar-refractivity contribution >= 4 is 63.2 Å². The first kappa shape index (κ1) is 28.9. The van der Waals surface area contributed by atoms with Gasteiger partial charge in [-0.25, -0.2) is 9.18 Å². The molecule has 0 fully saturated rings. The van der Waals surface area contributed by atoms with Gasteiger partial charge in [-0.3, -0.25) is 4.79 Å². The van der Waals surface area contributed by atoms with E-state index in [1.807, 2.05) is 18.4 Å². The van der Waals surface area contributed by atoms with Gasteiger partial charge in [0.2, 0.25) is 5.91 Å². The molecule has 4 rings (SSSR count). The van der Waals surface area contributed by atoms with Gasteiger partial charge in [-0.05, 0) is 43.7 Å². The van der Waals surface area contributed by atoms with E-state index in [0.717, 1.165) is 0 Å². The zero-order valence-corrected chi connectivity index (χ0v) is 24.2. The first-order chi connectivity index (χ1) is 18.7. The Morgan fingerprint density at radius 2 is 1.92 bits per heavy atom. The van der Waals surface area contributed by atoms with E-state index in [2.05, 4.69) is 15.5 Å². The maximum absolute atomic E-state index is 13.4. The minimum Gasteiger partial charge on any atom is -0.481 e. The molecule has 13 heteroatoms. The van der Waals surface area contributed by atoms with E-state index < -0.39 is 17.9 Å². The van der Waals surface area contributed by atoms with Crippen LogP contribution in [0.15, 0.2) is 53.0 Å². The molecule has 2 heterocycles. The quantitative estimate of drug-likeness (QED) is 0.151. The molecule has 0 aliphatic carbocycles. The number of anilines is 1. The van der Waals surface area contributed by atoms with Crippen molar-refractivity contribution in [2.75, 3.05) is 18.2 Å². The molecule has 204 valence electrons. The van der Waals surface area contributed by atoms with Crippen molar-refractivity contribution < 1.29 is 23.5 Å². The number of hydrogen-bond donors (Lipinski definition) is 1. The second-order valence-electron chi connectivity index (χ2n) is 8.11. The Morgan fingerprint density at radius 3 is 2.62 bits per heavy atom. The third-order valence-electron chi connectivity index (χ3n) is 5.54. The van der Waals surface area contributed by atoms with Crippen LogP contribution >= 0.6 is 46.3 Å². The van der Waals surface area contributed by atoms with Crippen LogP contribution in [0.4, 0.5) is 9.39 Å². The van der Waals surface area contributed by atoms with Gasteiger partial charge < -0.3 is 19.4 Å². The molecule has 1 atom stereocenters. The zero-order chi connectivity index (χ0) is 28.1. The standard InChI is InChI=1S/C26H23Cl2FN4O4S2/c1-4-33-23(14(2)37-20-11-16(27)7-10-19(20)28)31-32-26(33)39-13-21(34)30-24-22(25(35)36-3)18(12-38-24)15-5-8-17(29)9-6-15/h5-12,14H,4,13H2,1-3H3,(H,30,34). The fraction of sp³-hybridized carbons (Fsp3) is 0.231. The van der Waals surface area contributed by atoms with Crippen LogP contribution in [0.2, 0.25) is 10.0 Å². The molecule has 1 amide bonds. The van der Waals surface area contributed by atoms with Crippen LogP contribution in [0.1, 0.15) is 36.1 Å². The molecular formula is C26H23Cl2FN4O4S2. The maximum Gasteiger partial charge on any atom is 0.341 e. The Labute approximate surface area is 242 Å². The minimum atomic E-state index is -0.609. The molecule has 0 spiro atoms. The van der Waals surface area contributed by atoms with Crippen molar-refractivity contribution in [1.29, 1.82) is 0 Å². The molecule has 0 radical (unpaired) electrons. The number of amides is 1. The summed E-state index contributed by atoms with van der Waals surface area (Å²) in [6, 6.07) is 10.7. The SMILES string of the molecule is CCn1c(SCC(=O)Nc2scc(-c3ccc(F)cc3)c2C(=O)OC)nnc1C(C)Oc1cc(Cl)ccc1Cl. The molecular weight excluding hydrogens is 586 g/mol. The van der Waals surface area contributed by atoms with E-state index in [9.17, 15) is 14.0 Å². The van der Waals surface area contributed by atoms with Crippen LogP contribution in [0.25, 0.3) is 11.1 Å². The molecule has 2 aromatic heterocycles. The smallest absolute Gasteiger partial charge is 0.341 e. The summed E-state index contributed by atoms with van der Waals surface area (Å²) >= 11 is 14.7. The van der Waals surface area contributed by atoms with E-state index in [1.54, 1.807) is 35.7 Å². The highest BCUT2D eigenvalue weighted by Crippen LogP contribution is 2.37. The highest BCUT2D eigenvalue weighted by molar-refractivity contribution is 7.99. The average molecular weight is 610 g/mol. The van der Waals surface area contributed by atoms with Gasteiger partial charge in [0.1, 0.15) is 22.1 Å². The predicted octanol–water partition coefficient (Wildman–Crippen LogP) is 7.13. The number of carbonyl (C=O) groups excluding carboxylic acids is 2. The molecule has 0 saturated heterocycles. The van der Waals surface area contributed by atoms with Crippen molar-refractivity contribution in [3.8, 4) is 16.9 Å². The molecule has 39 heavy (non-hydrogen) atoms. The van der Waals surface area contributed by atoms with E-state index in [4.69, 9.17) is 32.7 Å². The third-order valence-corrected chi connectivity index (χ3v) is 7.95. The topological polar surface area (TPSA) is 95.3 Å². The summed E-state index contributed by atoms with van der Waals surface area (Å²) in [6.07, 6.45) is -0.491. The number of rotatable bonds is 10. The van der Waals surface area contributed by atoms with Gasteiger partial charge in [0, 0.05) is 28.6 Å². The summed E-state index contributed by atoms with van der Waals surface area (Å²) in [5.74, 6) is -0.350. The molecule has 0 aliphatic heterocycles. The van der Waals surface area contributed by atoms with E-state index in [-0.39, 0.29) is 17.2 Å². The maximum atomic E-state index is 13.4. The van der Waals surface area contributed by atoms with Gasteiger partial charge in [0.05, 0.1) is 17.9 Å². The Bertz CT molecular complexity index is 1490. The molecule has 0 saturated carbocycles. The van der Waals surface area contributed by atoms with Gasteiger partial charge in [0.25, 0.3) is 0 Å². The first-order valence-electron chi connectivity index (χ1n) is 11.6. The number of esters is 1. The lowest BCUT2D eigenvalue weighted by Gasteiger charge is -2.16. The second kappa shape index (κ2) is 12.8. The average Bonchev–Trinajstić information content (AvgIpc) is 3.53. The summed E-state index contributed by atoms with van der Waals surface area (Å²) in [4.78, 5) is 25.4. The summed E-state index contributed by atoms with van der Waals surface area (Å²) < 4.78 is 26.1. The number of nitrogens with zero attached hydrogens (tertiary/aromatic N) is 3. The summed E-state index contributed by atoms with van der Waals surface area (Å²) in [7, 11) is 1.26. The van der Waals surface area contributed by atoms with Crippen molar-refractivity contribution in [1.82, 2.24) is 14.8 Å². The highest BCUT2D eigenvalue weighted by atomic mass is 35.5. The largest absolute Gasteiger partial charge is 0.481 e. The lowest BCUT2D eigenvalue weighted by Crippen LogP contribution is -2.17. The number of carbonyl (C=O) groups is 2. The summed E-state index contributed by atoms with van der Waals surface area (Å²) in [5.41, 5.74) is 1.37. The minimum absolute atomic E-state index is 0.0118. The molecule has 0 bridgehead atoms. The Balaban J connectivity index is 1.46. The lowest BCUT2D eigenvalue weighted by molar-refractivity contribution is -0.113. The van der Waals surface area contributed by atoms with Crippen molar-refractivity contribution in [3.63, 3.8) is 0 Å². The van der Waals surface area contributed by atoms with Crippen LogP contribution in [-0.2, 0) is 16.1 Å². The number of hydrogen-bond acceptors (Lipinski definition) is 8. The normalized spacial score (nSPS) is 11.7. The highest BCUT2D eigenvalue weighted by Gasteiger charge is 2.24. The molecule has 2 aromatic carbocycles. The number of halogens is 3. The van der Waals surface area contributed by atoms with Gasteiger partial charge in [-0.1, -0.05) is 47.1 Å². The third kappa shape index (κ3) is 6.73. The fourth-order valence-electron chi connectivity index (χ4n) is 3.70. The second-order valence-corrected chi connectivity index (χ2v) is 10.8. The lowest BCUT2D eigenvalue weighted by atomic mass is 10.0. The first-order valence-corrected chi connectivity index (χ1v) is 14.3. The summed E-state index contributed by atoms with van der Waals surface area (Å²) in [5, 5.41) is 14.8. The Morgan fingerprint density at radius 1 is 1.18 bits per heavy atom. The predicted molar refractivity (Wildman–Crippen MR) is 152 cm³/mol. The van der Waals surface area contributed by atoms with Crippen LogP contribution in [0, 0.1) is 5.82 Å². The van der Waals surface area contributed by atoms with E-state index in [0.29, 0.717) is 49.4 Å². The Hall–Kier alpha value is -3.12. The summed E-state index contributed by atoms with van der Waals surface area (Å²) in [6.45, 7) is 4.29. The van der Waals surface area contributed by atoms with E-state index in [1.165, 1.54) is 42.3 Å². The van der Waals surface area contributed by atoms with Gasteiger partial charge in [-0.15, -0.1) is 21.5 Å². The molecule has 4 aromatic rings. The van der Waals surface area contributed by atoms with Crippen molar-refractivity contribution in [2.45, 2.75) is 31.7 Å². The number of aromatic nitrogens is 3. The number of benzene rings is 2.